The lowest BCUT2D eigenvalue weighted by Crippen LogP contribution is -2.62. The molecule has 1 aromatic rings. The van der Waals surface area contributed by atoms with Crippen molar-refractivity contribution in [3.8, 4) is 0 Å². The molecule has 76 heavy (non-hydrogen) atoms. The number of aliphatic hydroxyl groups is 2. The van der Waals surface area contributed by atoms with Gasteiger partial charge in [0.25, 0.3) is 0 Å². The maximum Gasteiger partial charge on any atom is 0.326 e. The van der Waals surface area contributed by atoms with E-state index in [0.717, 1.165) is 12.5 Å². The van der Waals surface area contributed by atoms with E-state index in [9.17, 15) is 78.0 Å². The Morgan fingerprint density at radius 2 is 0.803 bits per heavy atom. The number of carboxylic acid groups (broad SMARTS) is 2. The van der Waals surface area contributed by atoms with Crippen molar-refractivity contribution in [2.75, 3.05) is 6.61 Å². The number of nitrogens with two attached hydrogens (primary N) is 3. The molecular weight excluding hydrogens is 999 g/mol. The van der Waals surface area contributed by atoms with E-state index in [0.29, 0.717) is 0 Å². The van der Waals surface area contributed by atoms with Gasteiger partial charge in [-0.05, 0) is 75.2 Å². The SMILES string of the molecule is CC(C)C[C@H](NC(=O)[C@H](CCC(N)=O)NC(=O)[C@H](CCC(N)=O)NC(=O)[C@@H](NC(=O)[C@H](CC(C)C)NC(=O)[C@H](CCC(=O)O)NC(=O)[C@H](CO)NC(=O)[C@H](CC(C)C)NC(=O)[C@@H](N)Cc1ccccc1)[C@@H](C)O)C(=O)O. The van der Waals surface area contributed by atoms with Gasteiger partial charge >= 0.3 is 11.9 Å². The number of primary amides is 2. The summed E-state index contributed by atoms with van der Waals surface area (Å²) in [6, 6.07) is -5.06. The van der Waals surface area contributed by atoms with E-state index in [-0.39, 0.29) is 43.4 Å². The summed E-state index contributed by atoms with van der Waals surface area (Å²) in [5, 5.41) is 59.0. The first-order chi connectivity index (χ1) is 35.4. The van der Waals surface area contributed by atoms with Crippen LogP contribution < -0.4 is 59.7 Å². The lowest BCUT2D eigenvalue weighted by atomic mass is 10.0. The maximum atomic E-state index is 14.0. The molecule has 27 nitrogen and oxygen atoms in total. The molecule has 27 heteroatoms. The fourth-order valence-corrected chi connectivity index (χ4v) is 7.46. The molecule has 0 aromatic heterocycles. The third-order valence-electron chi connectivity index (χ3n) is 11.4. The molecule has 0 spiro atoms. The average molecular weight is 1080 g/mol. The van der Waals surface area contributed by atoms with Crippen molar-refractivity contribution in [3.63, 3.8) is 0 Å². The first kappa shape index (κ1) is 66.8. The minimum atomic E-state index is -1.90. The van der Waals surface area contributed by atoms with Crippen molar-refractivity contribution in [1.82, 2.24) is 42.5 Å². The number of aliphatic hydroxyl groups excluding tert-OH is 2. The largest absolute Gasteiger partial charge is 0.481 e. The van der Waals surface area contributed by atoms with Crippen LogP contribution in [0.15, 0.2) is 30.3 Å². The van der Waals surface area contributed by atoms with Crippen LogP contribution in [0.1, 0.15) is 112 Å². The lowest BCUT2D eigenvalue weighted by Gasteiger charge is -2.29. The molecule has 1 rings (SSSR count). The highest BCUT2D eigenvalue weighted by atomic mass is 16.4. The van der Waals surface area contributed by atoms with Gasteiger partial charge in [0.15, 0.2) is 0 Å². The fraction of sp³-hybridized carbons (Fsp3) is 0.633. The van der Waals surface area contributed by atoms with Gasteiger partial charge in [-0.1, -0.05) is 71.9 Å². The second kappa shape index (κ2) is 33.6. The molecule has 10 amide bonds. The zero-order valence-electron chi connectivity index (χ0n) is 44.1. The molecule has 0 bridgehead atoms. The van der Waals surface area contributed by atoms with E-state index in [1.807, 2.05) is 0 Å². The summed E-state index contributed by atoms with van der Waals surface area (Å²) in [5.41, 5.74) is 17.5. The quantitative estimate of drug-likeness (QED) is 0.0309. The van der Waals surface area contributed by atoms with Crippen molar-refractivity contribution < 1.29 is 78.0 Å². The van der Waals surface area contributed by atoms with Crippen LogP contribution in [0.25, 0.3) is 0 Å². The summed E-state index contributed by atoms with van der Waals surface area (Å²) >= 11 is 0. The van der Waals surface area contributed by atoms with E-state index in [4.69, 9.17) is 17.2 Å². The number of hydrogen-bond donors (Lipinski definition) is 15. The van der Waals surface area contributed by atoms with Gasteiger partial charge < -0.3 is 80.2 Å². The molecule has 0 heterocycles. The first-order valence-corrected chi connectivity index (χ1v) is 25.0. The monoisotopic (exact) mass is 1080 g/mol. The summed E-state index contributed by atoms with van der Waals surface area (Å²) in [6.07, 6.45) is -4.83. The van der Waals surface area contributed by atoms with Crippen LogP contribution in [0, 0.1) is 17.8 Å². The van der Waals surface area contributed by atoms with Gasteiger partial charge in [-0.25, -0.2) is 4.79 Å². The molecule has 0 radical (unpaired) electrons. The van der Waals surface area contributed by atoms with Crippen molar-refractivity contribution in [3.05, 3.63) is 35.9 Å². The van der Waals surface area contributed by atoms with Gasteiger partial charge in [0.2, 0.25) is 59.1 Å². The van der Waals surface area contributed by atoms with Gasteiger partial charge in [-0.2, -0.15) is 0 Å². The van der Waals surface area contributed by atoms with Crippen LogP contribution in [-0.4, -0.2) is 159 Å². The molecule has 1 aromatic carbocycles. The normalized spacial score (nSPS) is 15.2. The average Bonchev–Trinajstić information content (AvgIpc) is 3.32. The Balaban J connectivity index is 3.40. The number of carboxylic acids is 2. The molecule has 0 aliphatic carbocycles. The highest BCUT2D eigenvalue weighted by Gasteiger charge is 2.37. The first-order valence-electron chi connectivity index (χ1n) is 25.0. The number of aliphatic carboxylic acids is 2. The standard InChI is InChI=1S/C49H79N11O16/c1-24(2)19-33(56-41(67)29(50)22-28-11-9-8-10-12-28)45(71)59-36(23-61)47(73)54-32(15-18-39(65)66)43(69)57-34(20-25(3)4)46(72)60-40(27(7)62)48(74)55-31(14-17-38(52)64)42(68)53-30(13-16-37(51)63)44(70)58-35(49(75)76)21-26(5)6/h8-12,24-27,29-36,40,61-62H,13-23,50H2,1-7H3,(H2,51,63)(H2,52,64)(H,53,68)(H,54,73)(H,55,74)(H,56,67)(H,57,69)(H,58,70)(H,59,71)(H,60,72)(H,65,66)(H,75,76)/t27-,29+,30+,31+,32+,33+,34+,35+,36+,40+/m1/s1. The van der Waals surface area contributed by atoms with Gasteiger partial charge in [0.05, 0.1) is 18.8 Å². The maximum absolute atomic E-state index is 14.0. The molecule has 0 unspecified atom stereocenters. The molecule has 0 fully saturated rings. The summed E-state index contributed by atoms with van der Waals surface area (Å²) in [7, 11) is 0. The van der Waals surface area contributed by atoms with E-state index >= 15 is 0 Å². The van der Waals surface area contributed by atoms with Crippen LogP contribution in [0.4, 0.5) is 0 Å². The summed E-state index contributed by atoms with van der Waals surface area (Å²) in [4.78, 5) is 156. The third-order valence-corrected chi connectivity index (χ3v) is 11.4. The topological polar surface area (TPSA) is 460 Å². The Bertz CT molecular complexity index is 2160. The number of carbonyl (C=O) groups excluding carboxylic acids is 10. The summed E-state index contributed by atoms with van der Waals surface area (Å²) in [5.74, 6) is -13.6. The number of hydrogen-bond acceptors (Lipinski definition) is 15. The van der Waals surface area contributed by atoms with Crippen LogP contribution in [0.3, 0.4) is 0 Å². The summed E-state index contributed by atoms with van der Waals surface area (Å²) < 4.78 is 0. The van der Waals surface area contributed by atoms with Gasteiger partial charge in [0, 0.05) is 19.3 Å². The molecule has 10 atom stereocenters. The number of benzene rings is 1. The second-order valence-electron chi connectivity index (χ2n) is 19.8. The van der Waals surface area contributed by atoms with Crippen molar-refractivity contribution in [2.45, 2.75) is 173 Å². The summed E-state index contributed by atoms with van der Waals surface area (Å²) in [6.45, 7) is 10.3. The molecule has 0 aliphatic heterocycles. The minimum absolute atomic E-state index is 0.00652. The van der Waals surface area contributed by atoms with E-state index in [1.54, 1.807) is 71.9 Å². The van der Waals surface area contributed by atoms with Gasteiger partial charge in [-0.3, -0.25) is 52.7 Å². The molecule has 426 valence electrons. The second-order valence-corrected chi connectivity index (χ2v) is 19.8. The number of rotatable bonds is 36. The van der Waals surface area contributed by atoms with E-state index in [2.05, 4.69) is 42.5 Å². The predicted octanol–water partition coefficient (Wildman–Crippen LogP) is -3.57. The van der Waals surface area contributed by atoms with Crippen molar-refractivity contribution in [1.29, 1.82) is 0 Å². The Morgan fingerprint density at radius 3 is 1.20 bits per heavy atom. The van der Waals surface area contributed by atoms with Gasteiger partial charge in [0.1, 0.15) is 48.3 Å². The molecule has 0 saturated carbocycles. The third kappa shape index (κ3) is 25.8. The fourth-order valence-electron chi connectivity index (χ4n) is 7.46. The highest BCUT2D eigenvalue weighted by Crippen LogP contribution is 2.12. The number of amides is 10. The Labute approximate surface area is 441 Å². The van der Waals surface area contributed by atoms with Crippen LogP contribution in [-0.2, 0) is 64.0 Å². The smallest absolute Gasteiger partial charge is 0.326 e. The van der Waals surface area contributed by atoms with Crippen molar-refractivity contribution >= 4 is 71.0 Å². The lowest BCUT2D eigenvalue weighted by molar-refractivity contribution is -0.143. The zero-order chi connectivity index (χ0) is 58.0. The van der Waals surface area contributed by atoms with E-state index in [1.165, 1.54) is 0 Å². The minimum Gasteiger partial charge on any atom is -0.481 e. The Hall–Kier alpha value is -7.26. The number of carbonyl (C=O) groups is 12. The van der Waals surface area contributed by atoms with E-state index < -0.39 is 177 Å². The van der Waals surface area contributed by atoms with Crippen LogP contribution >= 0.6 is 0 Å². The van der Waals surface area contributed by atoms with Crippen molar-refractivity contribution in [2.24, 2.45) is 35.0 Å². The van der Waals surface area contributed by atoms with Crippen LogP contribution in [0.5, 0.6) is 0 Å². The highest BCUT2D eigenvalue weighted by molar-refractivity contribution is 5.98. The predicted molar refractivity (Wildman–Crippen MR) is 272 cm³/mol. The van der Waals surface area contributed by atoms with Crippen LogP contribution in [0.2, 0.25) is 0 Å². The molecule has 18 N–H and O–H groups in total. The molecule has 0 saturated heterocycles. The number of nitrogens with one attached hydrogen (secondary N) is 8. The van der Waals surface area contributed by atoms with Gasteiger partial charge in [-0.15, -0.1) is 0 Å². The zero-order valence-corrected chi connectivity index (χ0v) is 44.1. The Kier molecular flexibility index (Phi) is 29.5. The molecule has 0 aliphatic rings. The molecular formula is C49H79N11O16. The Morgan fingerprint density at radius 1 is 0.461 bits per heavy atom.